The molecule has 0 amide bonds. The zero-order chi connectivity index (χ0) is 21.1. The summed E-state index contributed by atoms with van der Waals surface area (Å²) in [6.45, 7) is 14.4. The van der Waals surface area contributed by atoms with E-state index in [9.17, 15) is 4.79 Å². The van der Waals surface area contributed by atoms with E-state index >= 15 is 0 Å². The van der Waals surface area contributed by atoms with E-state index in [1.54, 1.807) is 19.5 Å². The summed E-state index contributed by atoms with van der Waals surface area (Å²) in [6.07, 6.45) is 3.57. The van der Waals surface area contributed by atoms with Crippen LogP contribution >= 0.6 is 0 Å². The highest BCUT2D eigenvalue weighted by Gasteiger charge is 2.50. The zero-order valence-electron chi connectivity index (χ0n) is 18.2. The van der Waals surface area contributed by atoms with Crippen LogP contribution in [0.3, 0.4) is 0 Å². The Morgan fingerprint density at radius 3 is 1.96 bits per heavy atom. The molecule has 1 aromatic heterocycles. The Labute approximate surface area is 169 Å². The highest BCUT2D eigenvalue weighted by atomic mass is 28.3. The van der Waals surface area contributed by atoms with Gasteiger partial charge in [-0.05, 0) is 50.1 Å². The van der Waals surface area contributed by atoms with Crippen molar-refractivity contribution >= 4 is 24.7 Å². The maximum Gasteiger partial charge on any atom is 0.316 e. The van der Waals surface area contributed by atoms with Gasteiger partial charge in [0.2, 0.25) is 0 Å². The molecule has 0 N–H and O–H groups in total. The van der Waals surface area contributed by atoms with Gasteiger partial charge in [0.1, 0.15) is 16.9 Å². The molecule has 28 heavy (non-hydrogen) atoms. The second-order valence-electron chi connectivity index (χ2n) is 8.72. The Hall–Kier alpha value is -2.21. The SMILES string of the molecule is COc1cccc(OC(=O)C(C)(C)C)c1[Si](c1ncccn1)(C(C)C)C(C)C. The third-order valence-electron chi connectivity index (χ3n) is 5.19. The average Bonchev–Trinajstić information content (AvgIpc) is 2.62. The second-order valence-corrected chi connectivity index (χ2v) is 13.7. The number of benzene rings is 1. The first kappa shape index (κ1) is 22.1. The average molecular weight is 401 g/mol. The lowest BCUT2D eigenvalue weighted by molar-refractivity contribution is -0.142. The maximum absolute atomic E-state index is 12.7. The van der Waals surface area contributed by atoms with E-state index in [2.05, 4.69) is 37.7 Å². The first-order chi connectivity index (χ1) is 13.1. The Kier molecular flexibility index (Phi) is 6.65. The summed E-state index contributed by atoms with van der Waals surface area (Å²) >= 11 is 0. The van der Waals surface area contributed by atoms with E-state index in [1.807, 2.05) is 45.0 Å². The summed E-state index contributed by atoms with van der Waals surface area (Å²) in [4.78, 5) is 22.0. The van der Waals surface area contributed by atoms with E-state index in [4.69, 9.17) is 9.47 Å². The summed E-state index contributed by atoms with van der Waals surface area (Å²) in [7, 11) is -0.910. The van der Waals surface area contributed by atoms with Crippen LogP contribution in [-0.4, -0.2) is 31.1 Å². The Morgan fingerprint density at radius 2 is 1.50 bits per heavy atom. The van der Waals surface area contributed by atoms with Crippen LogP contribution < -0.4 is 20.1 Å². The molecule has 0 radical (unpaired) electrons. The molecule has 5 nitrogen and oxygen atoms in total. The first-order valence-electron chi connectivity index (χ1n) is 9.74. The number of rotatable bonds is 6. The van der Waals surface area contributed by atoms with Crippen LogP contribution in [0.15, 0.2) is 36.7 Å². The highest BCUT2D eigenvalue weighted by molar-refractivity contribution is 7.04. The quantitative estimate of drug-likeness (QED) is 0.419. The van der Waals surface area contributed by atoms with Crippen LogP contribution in [0.4, 0.5) is 0 Å². The van der Waals surface area contributed by atoms with Crippen LogP contribution in [0.2, 0.25) is 11.1 Å². The van der Waals surface area contributed by atoms with Crippen molar-refractivity contribution in [1.29, 1.82) is 0 Å². The normalized spacial score (nSPS) is 12.4. The van der Waals surface area contributed by atoms with Gasteiger partial charge in [0.25, 0.3) is 0 Å². The van der Waals surface area contributed by atoms with Gasteiger partial charge in [-0.2, -0.15) is 0 Å². The number of ether oxygens (including phenoxy) is 2. The molecule has 1 aromatic carbocycles. The highest BCUT2D eigenvalue weighted by Crippen LogP contribution is 2.37. The van der Waals surface area contributed by atoms with Crippen LogP contribution in [0.5, 0.6) is 11.5 Å². The first-order valence-corrected chi connectivity index (χ1v) is 11.9. The third kappa shape index (κ3) is 3.97. The van der Waals surface area contributed by atoms with Crippen molar-refractivity contribution in [2.24, 2.45) is 5.41 Å². The van der Waals surface area contributed by atoms with E-state index in [1.165, 1.54) is 0 Å². The van der Waals surface area contributed by atoms with Gasteiger partial charge in [-0.3, -0.25) is 4.79 Å². The van der Waals surface area contributed by atoms with E-state index in [0.29, 0.717) is 5.75 Å². The number of aromatic nitrogens is 2. The topological polar surface area (TPSA) is 61.3 Å². The molecule has 2 aromatic rings. The lowest BCUT2D eigenvalue weighted by atomic mass is 9.97. The molecule has 0 spiro atoms. The molecule has 0 atom stereocenters. The standard InChI is InChI=1S/C22H32N2O3Si/c1-15(2)28(16(3)4,21-23-13-10-14-24-21)19-17(26-8)11-9-12-18(19)27-20(25)22(5,6)7/h9-16H,1-8H3. The molecule has 0 saturated heterocycles. The van der Waals surface area contributed by atoms with E-state index in [0.717, 1.165) is 16.4 Å². The monoisotopic (exact) mass is 400 g/mol. The van der Waals surface area contributed by atoms with Crippen molar-refractivity contribution in [2.75, 3.05) is 7.11 Å². The molecular formula is C22H32N2O3Si. The molecule has 0 aliphatic carbocycles. The molecule has 0 bridgehead atoms. The van der Waals surface area contributed by atoms with Gasteiger partial charge >= 0.3 is 5.97 Å². The number of carbonyl (C=O) groups is 1. The summed E-state index contributed by atoms with van der Waals surface area (Å²) in [5.74, 6) is 1.01. The zero-order valence-corrected chi connectivity index (χ0v) is 19.2. The second kappa shape index (κ2) is 8.43. The van der Waals surface area contributed by atoms with Crippen LogP contribution in [-0.2, 0) is 4.79 Å². The number of hydrogen-bond acceptors (Lipinski definition) is 5. The summed E-state index contributed by atoms with van der Waals surface area (Å²) in [6, 6.07) is 7.47. The number of methoxy groups -OCH3 is 1. The Morgan fingerprint density at radius 1 is 0.964 bits per heavy atom. The molecule has 0 fully saturated rings. The van der Waals surface area contributed by atoms with Crippen LogP contribution in [0.1, 0.15) is 48.5 Å². The minimum Gasteiger partial charge on any atom is -0.497 e. The maximum atomic E-state index is 12.7. The van der Waals surface area contributed by atoms with Gasteiger partial charge in [0.15, 0.2) is 8.07 Å². The molecule has 6 heteroatoms. The lowest BCUT2D eigenvalue weighted by Crippen LogP contribution is -2.65. The van der Waals surface area contributed by atoms with E-state index < -0.39 is 13.5 Å². The predicted molar refractivity (Wildman–Crippen MR) is 115 cm³/mol. The van der Waals surface area contributed by atoms with Crippen molar-refractivity contribution in [2.45, 2.75) is 59.5 Å². The van der Waals surface area contributed by atoms with Gasteiger partial charge in [0.05, 0.1) is 12.5 Å². The molecule has 2 rings (SSSR count). The Bertz CT molecular complexity index is 806. The van der Waals surface area contributed by atoms with Gasteiger partial charge in [-0.15, -0.1) is 0 Å². The smallest absolute Gasteiger partial charge is 0.316 e. The minimum atomic E-state index is -2.56. The number of esters is 1. The molecule has 0 unspecified atom stereocenters. The van der Waals surface area contributed by atoms with Gasteiger partial charge in [-0.1, -0.05) is 33.8 Å². The van der Waals surface area contributed by atoms with E-state index in [-0.39, 0.29) is 17.1 Å². The summed E-state index contributed by atoms with van der Waals surface area (Å²) in [5.41, 5.74) is 0.748. The Balaban J connectivity index is 2.85. The van der Waals surface area contributed by atoms with Crippen molar-refractivity contribution in [3.63, 3.8) is 0 Å². The number of nitrogens with zero attached hydrogens (tertiary/aromatic N) is 2. The van der Waals surface area contributed by atoms with Gasteiger partial charge in [-0.25, -0.2) is 9.97 Å². The minimum absolute atomic E-state index is 0.262. The van der Waals surface area contributed by atoms with Crippen molar-refractivity contribution in [3.8, 4) is 11.5 Å². The number of carbonyl (C=O) groups excluding carboxylic acids is 1. The summed E-state index contributed by atoms with van der Waals surface area (Å²) < 4.78 is 11.7. The fraction of sp³-hybridized carbons (Fsp3) is 0.500. The molecule has 0 aliphatic rings. The molecule has 152 valence electrons. The van der Waals surface area contributed by atoms with Crippen LogP contribution in [0, 0.1) is 5.41 Å². The van der Waals surface area contributed by atoms with Crippen molar-refractivity contribution < 1.29 is 14.3 Å². The molecular weight excluding hydrogens is 368 g/mol. The van der Waals surface area contributed by atoms with Crippen LogP contribution in [0.25, 0.3) is 0 Å². The van der Waals surface area contributed by atoms with Crippen molar-refractivity contribution in [3.05, 3.63) is 36.7 Å². The van der Waals surface area contributed by atoms with Crippen molar-refractivity contribution in [1.82, 2.24) is 9.97 Å². The van der Waals surface area contributed by atoms with Gasteiger partial charge in [0, 0.05) is 17.6 Å². The fourth-order valence-electron chi connectivity index (χ4n) is 3.81. The molecule has 1 heterocycles. The fourth-order valence-corrected chi connectivity index (χ4v) is 9.27. The third-order valence-corrected chi connectivity index (χ3v) is 11.2. The predicted octanol–water partition coefficient (Wildman–Crippen LogP) is 3.82. The largest absolute Gasteiger partial charge is 0.497 e. The van der Waals surface area contributed by atoms with Gasteiger partial charge < -0.3 is 9.47 Å². The lowest BCUT2D eigenvalue weighted by Gasteiger charge is -2.39. The molecule has 0 aliphatic heterocycles. The molecule has 0 saturated carbocycles. The number of hydrogen-bond donors (Lipinski definition) is 0. The summed E-state index contributed by atoms with van der Waals surface area (Å²) in [5, 5.41) is 0.950.